The molecule has 17 heavy (non-hydrogen) atoms. The summed E-state index contributed by atoms with van der Waals surface area (Å²) in [5, 5.41) is 10.3. The number of ether oxygens (including phenoxy) is 1. The second-order valence-electron chi connectivity index (χ2n) is 3.91. The Kier molecular flexibility index (Phi) is 2.79. The van der Waals surface area contributed by atoms with E-state index in [1.807, 2.05) is 13.8 Å². The third-order valence-corrected chi connectivity index (χ3v) is 2.67. The predicted octanol–water partition coefficient (Wildman–Crippen LogP) is 2.93. The molecular formula is C13H14O4. The fourth-order valence-electron chi connectivity index (χ4n) is 1.99. The van der Waals surface area contributed by atoms with Crippen LogP contribution in [0.2, 0.25) is 0 Å². The first-order chi connectivity index (χ1) is 8.04. The molecule has 4 heteroatoms. The van der Waals surface area contributed by atoms with Crippen molar-refractivity contribution in [3.05, 3.63) is 29.0 Å². The van der Waals surface area contributed by atoms with Gasteiger partial charge in [-0.05, 0) is 32.4 Å². The van der Waals surface area contributed by atoms with Crippen molar-refractivity contribution in [2.45, 2.75) is 20.8 Å². The lowest BCUT2D eigenvalue weighted by Crippen LogP contribution is -2.04. The molecule has 90 valence electrons. The van der Waals surface area contributed by atoms with Crippen LogP contribution in [-0.2, 0) is 4.74 Å². The molecule has 0 fully saturated rings. The molecule has 2 aromatic rings. The van der Waals surface area contributed by atoms with E-state index in [4.69, 9.17) is 9.15 Å². The van der Waals surface area contributed by atoms with Crippen LogP contribution >= 0.6 is 0 Å². The maximum atomic E-state index is 11.7. The zero-order chi connectivity index (χ0) is 12.6. The molecule has 0 radical (unpaired) electrons. The van der Waals surface area contributed by atoms with E-state index in [9.17, 15) is 9.90 Å². The highest BCUT2D eigenvalue weighted by Gasteiger charge is 2.20. The molecular weight excluding hydrogens is 220 g/mol. The van der Waals surface area contributed by atoms with Crippen LogP contribution in [-0.4, -0.2) is 17.7 Å². The van der Waals surface area contributed by atoms with Crippen LogP contribution in [0.3, 0.4) is 0 Å². The number of hydrogen-bond acceptors (Lipinski definition) is 4. The summed E-state index contributed by atoms with van der Waals surface area (Å²) in [5.41, 5.74) is 2.12. The Morgan fingerprint density at radius 2 is 2.12 bits per heavy atom. The van der Waals surface area contributed by atoms with Gasteiger partial charge in [0.15, 0.2) is 0 Å². The minimum atomic E-state index is -0.472. The number of phenols is 1. The first-order valence-electron chi connectivity index (χ1n) is 5.44. The first kappa shape index (κ1) is 11.5. The molecule has 4 nitrogen and oxygen atoms in total. The standard InChI is InChI=1S/C13H14O4/c1-4-16-13(15)12-8(3)11-7(2)5-9(14)6-10(11)17-12/h5-6,14H,4H2,1-3H3. The fourth-order valence-corrected chi connectivity index (χ4v) is 1.99. The number of aromatic hydroxyl groups is 1. The lowest BCUT2D eigenvalue weighted by molar-refractivity contribution is 0.0491. The van der Waals surface area contributed by atoms with E-state index in [1.165, 1.54) is 6.07 Å². The largest absolute Gasteiger partial charge is 0.508 e. The van der Waals surface area contributed by atoms with E-state index in [1.54, 1.807) is 13.0 Å². The molecule has 1 aromatic heterocycles. The maximum absolute atomic E-state index is 11.7. The number of furan rings is 1. The summed E-state index contributed by atoms with van der Waals surface area (Å²) >= 11 is 0. The zero-order valence-electron chi connectivity index (χ0n) is 10.0. The molecule has 0 amide bonds. The highest BCUT2D eigenvalue weighted by Crippen LogP contribution is 2.31. The molecule has 0 saturated heterocycles. The van der Waals surface area contributed by atoms with Crippen molar-refractivity contribution in [2.24, 2.45) is 0 Å². The van der Waals surface area contributed by atoms with Gasteiger partial charge in [0, 0.05) is 17.0 Å². The summed E-state index contributed by atoms with van der Waals surface area (Å²) in [7, 11) is 0. The summed E-state index contributed by atoms with van der Waals surface area (Å²) in [4.78, 5) is 11.7. The van der Waals surface area contributed by atoms with Gasteiger partial charge < -0.3 is 14.3 Å². The van der Waals surface area contributed by atoms with E-state index in [0.717, 1.165) is 16.5 Å². The molecule has 0 saturated carbocycles. The van der Waals surface area contributed by atoms with E-state index in [2.05, 4.69) is 0 Å². The van der Waals surface area contributed by atoms with Crippen molar-refractivity contribution in [3.63, 3.8) is 0 Å². The predicted molar refractivity (Wildman–Crippen MR) is 63.3 cm³/mol. The number of rotatable bonds is 2. The van der Waals surface area contributed by atoms with E-state index in [-0.39, 0.29) is 11.5 Å². The highest BCUT2D eigenvalue weighted by atomic mass is 16.5. The Morgan fingerprint density at radius 3 is 2.76 bits per heavy atom. The average molecular weight is 234 g/mol. The number of phenolic OH excluding ortho intramolecular Hbond substituents is 1. The van der Waals surface area contributed by atoms with Gasteiger partial charge in [0.2, 0.25) is 5.76 Å². The lowest BCUT2D eigenvalue weighted by atomic mass is 10.1. The van der Waals surface area contributed by atoms with Crippen molar-refractivity contribution in [1.29, 1.82) is 0 Å². The van der Waals surface area contributed by atoms with Crippen molar-refractivity contribution < 1.29 is 19.1 Å². The summed E-state index contributed by atoms with van der Waals surface area (Å²) < 4.78 is 10.4. The van der Waals surface area contributed by atoms with Gasteiger partial charge in [0.25, 0.3) is 0 Å². The summed E-state index contributed by atoms with van der Waals surface area (Å²) in [6, 6.07) is 3.14. The Morgan fingerprint density at radius 1 is 1.41 bits per heavy atom. The quantitative estimate of drug-likeness (QED) is 0.811. The van der Waals surface area contributed by atoms with Crippen LogP contribution < -0.4 is 0 Å². The van der Waals surface area contributed by atoms with Gasteiger partial charge in [-0.2, -0.15) is 0 Å². The van der Waals surface area contributed by atoms with Crippen LogP contribution in [0, 0.1) is 13.8 Å². The molecule has 2 rings (SSSR count). The second kappa shape index (κ2) is 4.13. The molecule has 0 bridgehead atoms. The molecule has 0 aliphatic rings. The van der Waals surface area contributed by atoms with Gasteiger partial charge in [-0.15, -0.1) is 0 Å². The Labute approximate surface area is 98.8 Å². The van der Waals surface area contributed by atoms with Gasteiger partial charge in [0.05, 0.1) is 6.61 Å². The van der Waals surface area contributed by atoms with E-state index >= 15 is 0 Å². The number of aryl methyl sites for hydroxylation is 2. The minimum Gasteiger partial charge on any atom is -0.508 e. The summed E-state index contributed by atoms with van der Waals surface area (Å²) in [6.07, 6.45) is 0. The average Bonchev–Trinajstić information content (AvgIpc) is 2.56. The third kappa shape index (κ3) is 1.86. The number of esters is 1. The van der Waals surface area contributed by atoms with E-state index < -0.39 is 5.97 Å². The molecule has 1 aromatic carbocycles. The second-order valence-corrected chi connectivity index (χ2v) is 3.91. The molecule has 1 heterocycles. The van der Waals surface area contributed by atoms with E-state index in [0.29, 0.717) is 12.2 Å². The number of carbonyl (C=O) groups is 1. The fraction of sp³-hybridized carbons (Fsp3) is 0.308. The molecule has 0 unspecified atom stereocenters. The monoisotopic (exact) mass is 234 g/mol. The van der Waals surface area contributed by atoms with Gasteiger partial charge in [-0.3, -0.25) is 0 Å². The van der Waals surface area contributed by atoms with Gasteiger partial charge in [-0.1, -0.05) is 0 Å². The highest BCUT2D eigenvalue weighted by molar-refractivity contribution is 5.97. The molecule has 0 aliphatic carbocycles. The third-order valence-electron chi connectivity index (χ3n) is 2.67. The van der Waals surface area contributed by atoms with Gasteiger partial charge in [0.1, 0.15) is 11.3 Å². The topological polar surface area (TPSA) is 59.7 Å². The van der Waals surface area contributed by atoms with Gasteiger partial charge in [-0.25, -0.2) is 4.79 Å². The van der Waals surface area contributed by atoms with Crippen molar-refractivity contribution in [2.75, 3.05) is 6.61 Å². The van der Waals surface area contributed by atoms with Crippen LogP contribution in [0.5, 0.6) is 5.75 Å². The molecule has 1 N–H and O–H groups in total. The van der Waals surface area contributed by atoms with Crippen LogP contribution in [0.25, 0.3) is 11.0 Å². The van der Waals surface area contributed by atoms with Crippen LogP contribution in [0.15, 0.2) is 16.5 Å². The summed E-state index contributed by atoms with van der Waals surface area (Å²) in [6.45, 7) is 5.72. The number of carbonyl (C=O) groups excluding carboxylic acids is 1. The SMILES string of the molecule is CCOC(=O)c1oc2cc(O)cc(C)c2c1C. The number of benzene rings is 1. The van der Waals surface area contributed by atoms with Crippen LogP contribution in [0.4, 0.5) is 0 Å². The van der Waals surface area contributed by atoms with Crippen LogP contribution in [0.1, 0.15) is 28.6 Å². The number of fused-ring (bicyclic) bond motifs is 1. The van der Waals surface area contributed by atoms with Crippen molar-refractivity contribution in [1.82, 2.24) is 0 Å². The first-order valence-corrected chi connectivity index (χ1v) is 5.44. The smallest absolute Gasteiger partial charge is 0.374 e. The normalized spacial score (nSPS) is 10.8. The number of hydrogen-bond donors (Lipinski definition) is 1. The minimum absolute atomic E-state index is 0.124. The Balaban J connectivity index is 2.64. The Hall–Kier alpha value is -1.97. The Bertz CT molecular complexity index is 581. The zero-order valence-corrected chi connectivity index (χ0v) is 10.0. The van der Waals surface area contributed by atoms with Crippen molar-refractivity contribution >= 4 is 16.9 Å². The van der Waals surface area contributed by atoms with Gasteiger partial charge >= 0.3 is 5.97 Å². The lowest BCUT2D eigenvalue weighted by Gasteiger charge is -1.98. The van der Waals surface area contributed by atoms with Crippen molar-refractivity contribution in [3.8, 4) is 5.75 Å². The maximum Gasteiger partial charge on any atom is 0.374 e. The molecule has 0 aliphatic heterocycles. The summed E-state index contributed by atoms with van der Waals surface area (Å²) in [5.74, 6) is -0.144. The molecule has 0 atom stereocenters. The molecule has 0 spiro atoms.